The van der Waals surface area contributed by atoms with Gasteiger partial charge >= 0.3 is 0 Å². The number of benzene rings is 1. The van der Waals surface area contributed by atoms with Crippen LogP contribution < -0.4 is 10.1 Å². The molecule has 1 rings (SSSR count). The second kappa shape index (κ2) is 6.62. The van der Waals surface area contributed by atoms with Gasteiger partial charge in [-0.2, -0.15) is 0 Å². The molecule has 0 heterocycles. The molecule has 0 saturated carbocycles. The second-order valence-electron chi connectivity index (χ2n) is 4.53. The highest BCUT2D eigenvalue weighted by atomic mass is 16.5. The standard InChI is InChI=1S/C14H23NO2/c1-5-15-11(4)14(16)12-6-8-13(9-7-12)17-10(2)3/h6-11,14-16H,5H2,1-4H3. The first-order valence-electron chi connectivity index (χ1n) is 6.22. The quantitative estimate of drug-likeness (QED) is 0.798. The van der Waals surface area contributed by atoms with Crippen LogP contribution in [0.25, 0.3) is 0 Å². The number of hydrogen-bond acceptors (Lipinski definition) is 3. The van der Waals surface area contributed by atoms with Gasteiger partial charge < -0.3 is 15.2 Å². The zero-order chi connectivity index (χ0) is 12.8. The molecular weight excluding hydrogens is 214 g/mol. The predicted octanol–water partition coefficient (Wildman–Crippen LogP) is 2.51. The van der Waals surface area contributed by atoms with E-state index in [2.05, 4.69) is 5.32 Å². The maximum absolute atomic E-state index is 10.1. The Morgan fingerprint density at radius 3 is 2.24 bits per heavy atom. The molecule has 0 bridgehead atoms. The summed E-state index contributed by atoms with van der Waals surface area (Å²) in [6, 6.07) is 7.68. The van der Waals surface area contributed by atoms with E-state index in [9.17, 15) is 5.11 Å². The van der Waals surface area contributed by atoms with E-state index in [4.69, 9.17) is 4.74 Å². The van der Waals surface area contributed by atoms with Crippen LogP contribution in [0.5, 0.6) is 5.75 Å². The van der Waals surface area contributed by atoms with Crippen molar-refractivity contribution in [2.45, 2.75) is 45.9 Å². The van der Waals surface area contributed by atoms with E-state index in [0.717, 1.165) is 17.9 Å². The second-order valence-corrected chi connectivity index (χ2v) is 4.53. The molecule has 1 aromatic rings. The molecule has 2 unspecified atom stereocenters. The lowest BCUT2D eigenvalue weighted by Gasteiger charge is -2.20. The number of aliphatic hydroxyl groups excluding tert-OH is 1. The Morgan fingerprint density at radius 2 is 1.76 bits per heavy atom. The van der Waals surface area contributed by atoms with Crippen LogP contribution in [0.4, 0.5) is 0 Å². The van der Waals surface area contributed by atoms with Crippen LogP contribution in [0.3, 0.4) is 0 Å². The summed E-state index contributed by atoms with van der Waals surface area (Å²) >= 11 is 0. The third-order valence-corrected chi connectivity index (χ3v) is 2.59. The molecule has 0 amide bonds. The molecule has 0 aromatic heterocycles. The fourth-order valence-electron chi connectivity index (χ4n) is 1.74. The van der Waals surface area contributed by atoms with Gasteiger partial charge in [-0.3, -0.25) is 0 Å². The fourth-order valence-corrected chi connectivity index (χ4v) is 1.74. The summed E-state index contributed by atoms with van der Waals surface area (Å²) in [4.78, 5) is 0. The van der Waals surface area contributed by atoms with Gasteiger partial charge in [0.1, 0.15) is 5.75 Å². The van der Waals surface area contributed by atoms with Crippen molar-refractivity contribution in [1.29, 1.82) is 0 Å². The minimum Gasteiger partial charge on any atom is -0.491 e. The van der Waals surface area contributed by atoms with Crippen LogP contribution in [0.2, 0.25) is 0 Å². The molecule has 0 saturated heterocycles. The molecule has 0 aliphatic rings. The molecule has 96 valence electrons. The van der Waals surface area contributed by atoms with E-state index in [-0.39, 0.29) is 12.1 Å². The summed E-state index contributed by atoms with van der Waals surface area (Å²) in [6.07, 6.45) is -0.311. The average Bonchev–Trinajstić information content (AvgIpc) is 2.28. The third-order valence-electron chi connectivity index (χ3n) is 2.59. The van der Waals surface area contributed by atoms with E-state index < -0.39 is 6.10 Å². The Kier molecular flexibility index (Phi) is 5.45. The van der Waals surface area contributed by atoms with Gasteiger partial charge in [0.05, 0.1) is 12.2 Å². The molecule has 17 heavy (non-hydrogen) atoms. The molecule has 0 spiro atoms. The fraction of sp³-hybridized carbons (Fsp3) is 0.571. The predicted molar refractivity (Wildman–Crippen MR) is 70.3 cm³/mol. The molecule has 3 heteroatoms. The Morgan fingerprint density at radius 1 is 1.18 bits per heavy atom. The Balaban J connectivity index is 2.66. The van der Waals surface area contributed by atoms with Crippen molar-refractivity contribution in [3.05, 3.63) is 29.8 Å². The molecule has 3 nitrogen and oxygen atoms in total. The molecular formula is C14H23NO2. The lowest BCUT2D eigenvalue weighted by molar-refractivity contribution is 0.137. The van der Waals surface area contributed by atoms with Crippen molar-refractivity contribution >= 4 is 0 Å². The van der Waals surface area contributed by atoms with Crippen molar-refractivity contribution in [2.75, 3.05) is 6.54 Å². The number of hydrogen-bond donors (Lipinski definition) is 2. The van der Waals surface area contributed by atoms with E-state index in [1.54, 1.807) is 0 Å². The number of ether oxygens (including phenoxy) is 1. The number of rotatable bonds is 6. The van der Waals surface area contributed by atoms with Crippen molar-refractivity contribution < 1.29 is 9.84 Å². The smallest absolute Gasteiger partial charge is 0.119 e. The van der Waals surface area contributed by atoms with Gasteiger partial charge in [0.15, 0.2) is 0 Å². The lowest BCUT2D eigenvalue weighted by atomic mass is 10.0. The summed E-state index contributed by atoms with van der Waals surface area (Å²) in [5.41, 5.74) is 0.912. The first kappa shape index (κ1) is 14.0. The van der Waals surface area contributed by atoms with Gasteiger partial charge in [-0.25, -0.2) is 0 Å². The maximum Gasteiger partial charge on any atom is 0.119 e. The van der Waals surface area contributed by atoms with E-state index in [1.165, 1.54) is 0 Å². The first-order chi connectivity index (χ1) is 8.04. The Labute approximate surface area is 104 Å². The van der Waals surface area contributed by atoms with Crippen LogP contribution in [-0.4, -0.2) is 23.8 Å². The van der Waals surface area contributed by atoms with Crippen molar-refractivity contribution in [3.63, 3.8) is 0 Å². The topological polar surface area (TPSA) is 41.5 Å². The van der Waals surface area contributed by atoms with Gasteiger partial charge in [-0.15, -0.1) is 0 Å². The molecule has 0 radical (unpaired) electrons. The summed E-state index contributed by atoms with van der Waals surface area (Å²) in [7, 11) is 0. The highest BCUT2D eigenvalue weighted by Crippen LogP contribution is 2.20. The largest absolute Gasteiger partial charge is 0.491 e. The Hall–Kier alpha value is -1.06. The molecule has 0 aliphatic heterocycles. The monoisotopic (exact) mass is 237 g/mol. The number of likely N-dealkylation sites (N-methyl/N-ethyl adjacent to an activating group) is 1. The molecule has 2 N–H and O–H groups in total. The van der Waals surface area contributed by atoms with Crippen LogP contribution in [0.15, 0.2) is 24.3 Å². The maximum atomic E-state index is 10.1. The van der Waals surface area contributed by atoms with Crippen LogP contribution in [0, 0.1) is 0 Å². The van der Waals surface area contributed by atoms with Gasteiger partial charge in [0, 0.05) is 6.04 Å². The number of nitrogens with one attached hydrogen (secondary N) is 1. The third kappa shape index (κ3) is 4.36. The molecule has 1 aromatic carbocycles. The molecule has 0 fully saturated rings. The van der Waals surface area contributed by atoms with E-state index in [1.807, 2.05) is 52.0 Å². The van der Waals surface area contributed by atoms with Crippen LogP contribution in [-0.2, 0) is 0 Å². The summed E-state index contributed by atoms with van der Waals surface area (Å²) in [5, 5.41) is 13.3. The lowest BCUT2D eigenvalue weighted by Crippen LogP contribution is -2.31. The van der Waals surface area contributed by atoms with Crippen molar-refractivity contribution in [3.8, 4) is 5.75 Å². The first-order valence-corrected chi connectivity index (χ1v) is 6.22. The highest BCUT2D eigenvalue weighted by Gasteiger charge is 2.15. The van der Waals surface area contributed by atoms with Crippen molar-refractivity contribution in [2.24, 2.45) is 0 Å². The summed E-state index contributed by atoms with van der Waals surface area (Å²) in [5.74, 6) is 0.840. The van der Waals surface area contributed by atoms with E-state index in [0.29, 0.717) is 0 Å². The van der Waals surface area contributed by atoms with Gasteiger partial charge in [-0.05, 0) is 45.0 Å². The normalized spacial score (nSPS) is 14.7. The van der Waals surface area contributed by atoms with Crippen molar-refractivity contribution in [1.82, 2.24) is 5.32 Å². The zero-order valence-corrected chi connectivity index (χ0v) is 11.1. The van der Waals surface area contributed by atoms with Gasteiger partial charge in [0.25, 0.3) is 0 Å². The molecule has 0 aliphatic carbocycles. The SMILES string of the molecule is CCNC(C)C(O)c1ccc(OC(C)C)cc1. The van der Waals surface area contributed by atoms with E-state index >= 15 is 0 Å². The highest BCUT2D eigenvalue weighted by molar-refractivity contribution is 5.29. The summed E-state index contributed by atoms with van der Waals surface area (Å²) in [6.45, 7) is 8.86. The van der Waals surface area contributed by atoms with Crippen LogP contribution >= 0.6 is 0 Å². The number of aliphatic hydroxyl groups is 1. The zero-order valence-electron chi connectivity index (χ0n) is 11.1. The minimum atomic E-state index is -0.483. The molecule has 2 atom stereocenters. The van der Waals surface area contributed by atoms with Crippen LogP contribution in [0.1, 0.15) is 39.4 Å². The average molecular weight is 237 g/mol. The summed E-state index contributed by atoms with van der Waals surface area (Å²) < 4.78 is 5.56. The Bertz CT molecular complexity index is 321. The van der Waals surface area contributed by atoms with Gasteiger partial charge in [-0.1, -0.05) is 19.1 Å². The minimum absolute atomic E-state index is 0.0527. The van der Waals surface area contributed by atoms with Gasteiger partial charge in [0.2, 0.25) is 0 Å².